The highest BCUT2D eigenvalue weighted by Gasteiger charge is 2.09. The van der Waals surface area contributed by atoms with E-state index in [0.29, 0.717) is 17.2 Å². The average Bonchev–Trinajstić information content (AvgIpc) is 2.36. The molecule has 0 spiro atoms. The summed E-state index contributed by atoms with van der Waals surface area (Å²) in [5.41, 5.74) is 0. The number of benzene rings is 1. The lowest BCUT2D eigenvalue weighted by Crippen LogP contribution is -2.37. The Morgan fingerprint density at radius 2 is 2.39 bits per heavy atom. The van der Waals surface area contributed by atoms with Crippen molar-refractivity contribution >= 4 is 17.5 Å². The zero-order valence-electron chi connectivity index (χ0n) is 10.3. The molecule has 1 rings (SSSR count). The topological polar surface area (TPSA) is 38.3 Å². The predicted octanol–water partition coefficient (Wildman–Crippen LogP) is 2.64. The molecule has 0 fully saturated rings. The van der Waals surface area contributed by atoms with Gasteiger partial charge in [-0.1, -0.05) is 24.6 Å². The molecule has 0 aliphatic heterocycles. The van der Waals surface area contributed by atoms with Gasteiger partial charge in [-0.05, 0) is 24.6 Å². The van der Waals surface area contributed by atoms with Crippen LogP contribution in [0.5, 0.6) is 5.75 Å². The van der Waals surface area contributed by atoms with Gasteiger partial charge in [-0.15, -0.1) is 12.3 Å². The number of terminal acetylenes is 1. The van der Waals surface area contributed by atoms with Crippen molar-refractivity contribution in [1.82, 2.24) is 5.32 Å². The molecule has 0 aliphatic carbocycles. The highest BCUT2D eigenvalue weighted by Crippen LogP contribution is 2.16. The van der Waals surface area contributed by atoms with E-state index in [1.807, 2.05) is 6.92 Å². The number of amides is 1. The van der Waals surface area contributed by atoms with Crippen LogP contribution < -0.4 is 10.1 Å². The number of ether oxygens (including phenoxy) is 1. The van der Waals surface area contributed by atoms with Crippen LogP contribution in [0.15, 0.2) is 24.3 Å². The molecule has 1 amide bonds. The Balaban J connectivity index is 2.39. The summed E-state index contributed by atoms with van der Waals surface area (Å²) in [5, 5.41) is 3.39. The molecular formula is C14H16ClNO2. The Morgan fingerprint density at radius 3 is 3.00 bits per heavy atom. The average molecular weight is 266 g/mol. The minimum Gasteiger partial charge on any atom is -0.484 e. The first-order valence-corrected chi connectivity index (χ1v) is 6.14. The van der Waals surface area contributed by atoms with E-state index in [2.05, 4.69) is 11.2 Å². The zero-order chi connectivity index (χ0) is 13.4. The van der Waals surface area contributed by atoms with Gasteiger partial charge in [0.15, 0.2) is 6.61 Å². The molecule has 0 heterocycles. The number of carbonyl (C=O) groups is 1. The molecule has 1 N–H and O–H groups in total. The summed E-state index contributed by atoms with van der Waals surface area (Å²) in [7, 11) is 0. The molecule has 0 saturated heterocycles. The van der Waals surface area contributed by atoms with E-state index in [-0.39, 0.29) is 18.6 Å². The van der Waals surface area contributed by atoms with E-state index in [1.165, 1.54) is 0 Å². The fraction of sp³-hybridized carbons (Fsp3) is 0.357. The van der Waals surface area contributed by atoms with E-state index in [9.17, 15) is 4.79 Å². The van der Waals surface area contributed by atoms with Gasteiger partial charge in [-0.3, -0.25) is 4.79 Å². The summed E-state index contributed by atoms with van der Waals surface area (Å²) < 4.78 is 5.32. The molecule has 0 radical (unpaired) electrons. The van der Waals surface area contributed by atoms with Gasteiger partial charge in [-0.2, -0.15) is 0 Å². The minimum atomic E-state index is -0.183. The summed E-state index contributed by atoms with van der Waals surface area (Å²) in [6.45, 7) is 1.93. The van der Waals surface area contributed by atoms with Gasteiger partial charge < -0.3 is 10.1 Å². The molecule has 1 atom stereocenters. The maximum absolute atomic E-state index is 11.6. The van der Waals surface area contributed by atoms with E-state index in [4.69, 9.17) is 22.8 Å². The Kier molecular flexibility index (Phi) is 6.10. The van der Waals surface area contributed by atoms with Crippen LogP contribution in [-0.4, -0.2) is 18.6 Å². The Hall–Kier alpha value is -1.66. The number of hydrogen-bond donors (Lipinski definition) is 1. The molecule has 4 heteroatoms. The fourth-order valence-corrected chi connectivity index (χ4v) is 1.59. The van der Waals surface area contributed by atoms with Crippen molar-refractivity contribution in [2.24, 2.45) is 0 Å². The Labute approximate surface area is 112 Å². The second-order valence-corrected chi connectivity index (χ2v) is 4.26. The van der Waals surface area contributed by atoms with E-state index < -0.39 is 0 Å². The van der Waals surface area contributed by atoms with Crippen LogP contribution in [-0.2, 0) is 4.79 Å². The minimum absolute atomic E-state index is 0.00506. The van der Waals surface area contributed by atoms with Gasteiger partial charge >= 0.3 is 0 Å². The third kappa shape index (κ3) is 5.11. The number of nitrogens with one attached hydrogen (secondary N) is 1. The molecule has 96 valence electrons. The highest BCUT2D eigenvalue weighted by atomic mass is 35.5. The SMILES string of the molecule is C#CCC(CC)NC(=O)COc1cccc(Cl)c1. The van der Waals surface area contributed by atoms with Gasteiger partial charge in [0, 0.05) is 17.5 Å². The number of hydrogen-bond acceptors (Lipinski definition) is 2. The molecule has 1 aromatic carbocycles. The van der Waals surface area contributed by atoms with Crippen molar-refractivity contribution in [1.29, 1.82) is 0 Å². The fourth-order valence-electron chi connectivity index (χ4n) is 1.41. The van der Waals surface area contributed by atoms with Gasteiger partial charge in [0.25, 0.3) is 5.91 Å². The maximum Gasteiger partial charge on any atom is 0.258 e. The third-order valence-corrected chi connectivity index (χ3v) is 2.62. The lowest BCUT2D eigenvalue weighted by atomic mass is 10.1. The van der Waals surface area contributed by atoms with E-state index in [1.54, 1.807) is 24.3 Å². The molecule has 1 unspecified atom stereocenters. The van der Waals surface area contributed by atoms with Crippen molar-refractivity contribution in [3.8, 4) is 18.1 Å². The predicted molar refractivity (Wildman–Crippen MR) is 72.6 cm³/mol. The quantitative estimate of drug-likeness (QED) is 0.803. The Morgan fingerprint density at radius 1 is 1.61 bits per heavy atom. The second kappa shape index (κ2) is 7.62. The van der Waals surface area contributed by atoms with Crippen molar-refractivity contribution in [2.75, 3.05) is 6.61 Å². The first-order chi connectivity index (χ1) is 8.65. The normalized spacial score (nSPS) is 11.4. The smallest absolute Gasteiger partial charge is 0.258 e. The lowest BCUT2D eigenvalue weighted by molar-refractivity contribution is -0.123. The molecule has 0 saturated carbocycles. The second-order valence-electron chi connectivity index (χ2n) is 3.83. The van der Waals surface area contributed by atoms with Crippen molar-refractivity contribution < 1.29 is 9.53 Å². The molecular weight excluding hydrogens is 250 g/mol. The lowest BCUT2D eigenvalue weighted by Gasteiger charge is -2.14. The molecule has 0 aromatic heterocycles. The molecule has 18 heavy (non-hydrogen) atoms. The van der Waals surface area contributed by atoms with Crippen LogP contribution in [0.2, 0.25) is 5.02 Å². The van der Waals surface area contributed by atoms with Gasteiger partial charge in [0.2, 0.25) is 0 Å². The standard InChI is InChI=1S/C14H16ClNO2/c1-3-6-12(4-2)16-14(17)10-18-13-8-5-7-11(15)9-13/h1,5,7-9,12H,4,6,10H2,2H3,(H,16,17). The van der Waals surface area contributed by atoms with Crippen LogP contribution in [0.4, 0.5) is 0 Å². The van der Waals surface area contributed by atoms with Crippen LogP contribution in [0.25, 0.3) is 0 Å². The van der Waals surface area contributed by atoms with E-state index >= 15 is 0 Å². The van der Waals surface area contributed by atoms with Crippen LogP contribution >= 0.6 is 11.6 Å². The molecule has 3 nitrogen and oxygen atoms in total. The first-order valence-electron chi connectivity index (χ1n) is 5.77. The van der Waals surface area contributed by atoms with Crippen molar-refractivity contribution in [2.45, 2.75) is 25.8 Å². The summed E-state index contributed by atoms with van der Waals surface area (Å²) >= 11 is 5.81. The van der Waals surface area contributed by atoms with E-state index in [0.717, 1.165) is 6.42 Å². The van der Waals surface area contributed by atoms with Crippen molar-refractivity contribution in [3.05, 3.63) is 29.3 Å². The first kappa shape index (κ1) is 14.4. The van der Waals surface area contributed by atoms with Gasteiger partial charge in [-0.25, -0.2) is 0 Å². The van der Waals surface area contributed by atoms with Gasteiger partial charge in [0.1, 0.15) is 5.75 Å². The largest absolute Gasteiger partial charge is 0.484 e. The molecule has 1 aromatic rings. The van der Waals surface area contributed by atoms with Crippen LogP contribution in [0.3, 0.4) is 0 Å². The van der Waals surface area contributed by atoms with Crippen LogP contribution in [0.1, 0.15) is 19.8 Å². The van der Waals surface area contributed by atoms with Crippen molar-refractivity contribution in [3.63, 3.8) is 0 Å². The summed E-state index contributed by atoms with van der Waals surface area (Å²) in [6.07, 6.45) is 6.54. The van der Waals surface area contributed by atoms with Gasteiger partial charge in [0.05, 0.1) is 0 Å². The maximum atomic E-state index is 11.6. The molecule has 0 bridgehead atoms. The molecule has 0 aliphatic rings. The summed E-state index contributed by atoms with van der Waals surface area (Å²) in [4.78, 5) is 11.6. The number of rotatable bonds is 6. The zero-order valence-corrected chi connectivity index (χ0v) is 11.0. The monoisotopic (exact) mass is 265 g/mol. The summed E-state index contributed by atoms with van der Waals surface area (Å²) in [5.74, 6) is 2.92. The Bertz CT molecular complexity index is 440. The summed E-state index contributed by atoms with van der Waals surface area (Å²) in [6, 6.07) is 6.92. The number of carbonyl (C=O) groups excluding carboxylic acids is 1. The van der Waals surface area contributed by atoms with Crippen LogP contribution in [0, 0.1) is 12.3 Å². The number of halogens is 1. The third-order valence-electron chi connectivity index (χ3n) is 2.39. The highest BCUT2D eigenvalue weighted by molar-refractivity contribution is 6.30.